The molecule has 6 nitrogen and oxygen atoms in total. The van der Waals surface area contributed by atoms with E-state index < -0.39 is 5.97 Å². The van der Waals surface area contributed by atoms with Crippen molar-refractivity contribution in [1.82, 2.24) is 0 Å². The fourth-order valence-electron chi connectivity index (χ4n) is 5.29. The minimum atomic E-state index is -1.01. The van der Waals surface area contributed by atoms with Crippen LogP contribution in [0.2, 0.25) is 0 Å². The molecule has 3 rings (SSSR count). The van der Waals surface area contributed by atoms with Crippen LogP contribution in [-0.2, 0) is 14.2 Å². The van der Waals surface area contributed by atoms with Gasteiger partial charge >= 0.3 is 11.9 Å². The maximum absolute atomic E-state index is 13.0. The van der Waals surface area contributed by atoms with Gasteiger partial charge in [-0.25, -0.2) is 9.59 Å². The first-order valence-corrected chi connectivity index (χ1v) is 12.0. The zero-order valence-corrected chi connectivity index (χ0v) is 19.3. The average molecular weight is 457 g/mol. The number of carboxylic acids is 1. The van der Waals surface area contributed by atoms with Crippen LogP contribution in [0.3, 0.4) is 0 Å². The van der Waals surface area contributed by atoms with E-state index in [1.165, 1.54) is 36.8 Å². The lowest BCUT2D eigenvalue weighted by atomic mass is 9.71. The van der Waals surface area contributed by atoms with E-state index in [0.717, 1.165) is 51.4 Å². The Labute approximate surface area is 196 Å². The van der Waals surface area contributed by atoms with E-state index in [9.17, 15) is 9.59 Å². The molecule has 1 N–H and O–H groups in total. The molecule has 1 aromatic carbocycles. The number of ether oxygens (including phenoxy) is 3. The van der Waals surface area contributed by atoms with Gasteiger partial charge in [0.25, 0.3) is 0 Å². The summed E-state index contributed by atoms with van der Waals surface area (Å²) in [6.45, 7) is 8.65. The highest BCUT2D eigenvalue weighted by Crippen LogP contribution is 2.40. The van der Waals surface area contributed by atoms with Gasteiger partial charge < -0.3 is 19.3 Å². The van der Waals surface area contributed by atoms with Crippen molar-refractivity contribution in [1.29, 1.82) is 0 Å². The second kappa shape index (κ2) is 12.5. The molecule has 0 bridgehead atoms. The smallest absolute Gasteiger partial charge is 0.338 e. The molecule has 0 atom stereocenters. The highest BCUT2D eigenvalue weighted by molar-refractivity contribution is 5.92. The Balaban J connectivity index is 1.66. The molecule has 2 fully saturated rings. The van der Waals surface area contributed by atoms with Gasteiger partial charge in [-0.05, 0) is 99.3 Å². The maximum Gasteiger partial charge on any atom is 0.338 e. The summed E-state index contributed by atoms with van der Waals surface area (Å²) in [7, 11) is 0. The molecular weight excluding hydrogens is 420 g/mol. The summed E-state index contributed by atoms with van der Waals surface area (Å²) >= 11 is 0. The quantitative estimate of drug-likeness (QED) is 0.333. The zero-order chi connectivity index (χ0) is 23.6. The van der Waals surface area contributed by atoms with Crippen LogP contribution in [0.5, 0.6) is 0 Å². The van der Waals surface area contributed by atoms with Gasteiger partial charge in [0.1, 0.15) is 6.10 Å². The molecule has 0 aliphatic heterocycles. The molecule has 0 unspecified atom stereocenters. The fourth-order valence-corrected chi connectivity index (χ4v) is 5.29. The van der Waals surface area contributed by atoms with Crippen LogP contribution in [0.4, 0.5) is 0 Å². The predicted octanol–water partition coefficient (Wildman–Crippen LogP) is 5.84. The zero-order valence-electron chi connectivity index (χ0n) is 19.3. The van der Waals surface area contributed by atoms with E-state index >= 15 is 0 Å². The summed E-state index contributed by atoms with van der Waals surface area (Å²) in [5.41, 5.74) is 0.550. The third-order valence-electron chi connectivity index (χ3n) is 7.22. The van der Waals surface area contributed by atoms with E-state index in [1.54, 1.807) is 0 Å². The van der Waals surface area contributed by atoms with Crippen LogP contribution >= 0.6 is 0 Å². The van der Waals surface area contributed by atoms with E-state index in [0.29, 0.717) is 42.4 Å². The molecule has 0 radical (unpaired) electrons. The molecule has 180 valence electrons. The van der Waals surface area contributed by atoms with Crippen molar-refractivity contribution >= 4 is 11.9 Å². The van der Waals surface area contributed by atoms with Gasteiger partial charge in [0.2, 0.25) is 0 Å². The lowest BCUT2D eigenvalue weighted by Crippen LogP contribution is -2.38. The molecule has 2 saturated carbocycles. The van der Waals surface area contributed by atoms with Crippen molar-refractivity contribution in [2.45, 2.75) is 57.5 Å². The first-order valence-electron chi connectivity index (χ1n) is 12.0. The Morgan fingerprint density at radius 3 is 1.64 bits per heavy atom. The maximum atomic E-state index is 13.0. The number of carbonyl (C=O) groups is 2. The van der Waals surface area contributed by atoms with Gasteiger partial charge in [-0.3, -0.25) is 0 Å². The molecular formula is C27H36O6. The minimum absolute atomic E-state index is 0.126. The number of aromatic carboxylic acids is 1. The Bertz CT molecular complexity index is 753. The van der Waals surface area contributed by atoms with Crippen LogP contribution in [-0.4, -0.2) is 36.4 Å². The SMILES string of the molecule is C=COCC1CCC(C(OC(=O)c2ccc(C(=O)O)cc2)C2CCC(COC=C)CC2)CC1. The molecule has 33 heavy (non-hydrogen) atoms. The second-order valence-electron chi connectivity index (χ2n) is 9.31. The standard InChI is InChI=1S/C27H36O6/c1-3-31-17-19-5-9-21(10-6-19)25(22-11-7-20(8-12-22)18-32-4-2)33-27(30)24-15-13-23(14-16-24)26(28)29/h3-4,13-16,19-22,25H,1-2,5-12,17-18H2,(H,28,29). The highest BCUT2D eigenvalue weighted by Gasteiger charge is 2.37. The molecule has 0 saturated heterocycles. The molecule has 6 heteroatoms. The van der Waals surface area contributed by atoms with Gasteiger partial charge in [0, 0.05) is 0 Å². The third-order valence-corrected chi connectivity index (χ3v) is 7.22. The van der Waals surface area contributed by atoms with Crippen LogP contribution in [0.25, 0.3) is 0 Å². The Kier molecular flexibility index (Phi) is 9.40. The fraction of sp³-hybridized carbons (Fsp3) is 0.556. The van der Waals surface area contributed by atoms with Crippen molar-refractivity contribution in [3.63, 3.8) is 0 Å². The van der Waals surface area contributed by atoms with E-state index in [4.69, 9.17) is 19.3 Å². The number of carboxylic acid groups (broad SMARTS) is 1. The van der Waals surface area contributed by atoms with E-state index in [2.05, 4.69) is 13.2 Å². The van der Waals surface area contributed by atoms with Crippen LogP contribution in [0, 0.1) is 23.7 Å². The largest absolute Gasteiger partial charge is 0.502 e. The molecule has 0 aromatic heterocycles. The number of carbonyl (C=O) groups excluding carboxylic acids is 1. The Morgan fingerprint density at radius 2 is 1.24 bits per heavy atom. The van der Waals surface area contributed by atoms with Crippen LogP contribution < -0.4 is 0 Å². The third kappa shape index (κ3) is 7.11. The molecule has 0 spiro atoms. The lowest BCUT2D eigenvalue weighted by Gasteiger charge is -2.40. The molecule has 0 heterocycles. The van der Waals surface area contributed by atoms with E-state index in [1.807, 2.05) is 0 Å². The van der Waals surface area contributed by atoms with Crippen molar-refractivity contribution in [2.75, 3.05) is 13.2 Å². The summed E-state index contributed by atoms with van der Waals surface area (Å²) in [6.07, 6.45) is 11.2. The number of benzene rings is 1. The molecule has 1 aromatic rings. The summed E-state index contributed by atoms with van der Waals surface area (Å²) in [4.78, 5) is 24.1. The number of hydrogen-bond acceptors (Lipinski definition) is 5. The topological polar surface area (TPSA) is 82.1 Å². The molecule has 2 aliphatic rings. The van der Waals surface area contributed by atoms with Crippen molar-refractivity contribution in [3.05, 3.63) is 61.1 Å². The normalized spacial score (nSPS) is 25.9. The Morgan fingerprint density at radius 1 is 0.818 bits per heavy atom. The lowest BCUT2D eigenvalue weighted by molar-refractivity contribution is -0.0331. The minimum Gasteiger partial charge on any atom is -0.502 e. The van der Waals surface area contributed by atoms with Crippen molar-refractivity contribution in [3.8, 4) is 0 Å². The second-order valence-corrected chi connectivity index (χ2v) is 9.31. The summed E-state index contributed by atoms with van der Waals surface area (Å²) in [5.74, 6) is 0.321. The number of hydrogen-bond donors (Lipinski definition) is 1. The average Bonchev–Trinajstić information content (AvgIpc) is 2.85. The molecule has 0 amide bonds. The van der Waals surface area contributed by atoms with Gasteiger partial charge in [-0.2, -0.15) is 0 Å². The number of esters is 1. The first kappa shape index (κ1) is 24.9. The Hall–Kier alpha value is -2.76. The van der Waals surface area contributed by atoms with Crippen molar-refractivity contribution in [2.24, 2.45) is 23.7 Å². The van der Waals surface area contributed by atoms with Crippen molar-refractivity contribution < 1.29 is 28.9 Å². The monoisotopic (exact) mass is 456 g/mol. The van der Waals surface area contributed by atoms with Crippen LogP contribution in [0.15, 0.2) is 49.9 Å². The van der Waals surface area contributed by atoms with E-state index in [-0.39, 0.29) is 17.6 Å². The van der Waals surface area contributed by atoms with Gasteiger partial charge in [-0.15, -0.1) is 0 Å². The predicted molar refractivity (Wildman–Crippen MR) is 126 cm³/mol. The number of rotatable bonds is 11. The van der Waals surface area contributed by atoms with Gasteiger partial charge in [0.05, 0.1) is 36.9 Å². The first-order chi connectivity index (χ1) is 16.0. The van der Waals surface area contributed by atoms with Gasteiger partial charge in [-0.1, -0.05) is 13.2 Å². The summed E-state index contributed by atoms with van der Waals surface area (Å²) in [5, 5.41) is 9.11. The summed E-state index contributed by atoms with van der Waals surface area (Å²) < 4.78 is 17.0. The van der Waals surface area contributed by atoms with Crippen LogP contribution in [0.1, 0.15) is 72.1 Å². The summed E-state index contributed by atoms with van der Waals surface area (Å²) in [6, 6.07) is 5.97. The molecule has 2 aliphatic carbocycles. The highest BCUT2D eigenvalue weighted by atomic mass is 16.5. The van der Waals surface area contributed by atoms with Gasteiger partial charge in [0.15, 0.2) is 0 Å².